The Kier molecular flexibility index (Phi) is 7.79. The minimum atomic E-state index is -4.79. The third kappa shape index (κ3) is 6.92. The van der Waals surface area contributed by atoms with Gasteiger partial charge in [0.25, 0.3) is 5.91 Å². The highest BCUT2D eigenvalue weighted by molar-refractivity contribution is 9.10. The summed E-state index contributed by atoms with van der Waals surface area (Å²) in [7, 11) is -3.74. The molecule has 0 bridgehead atoms. The molecule has 0 aliphatic carbocycles. The monoisotopic (exact) mass is 573 g/mol. The zero-order chi connectivity index (χ0) is 24.9. The molecule has 3 N–H and O–H groups in total. The van der Waals surface area contributed by atoms with E-state index in [1.807, 2.05) is 0 Å². The fourth-order valence-electron chi connectivity index (χ4n) is 2.62. The molecule has 1 amide bonds. The lowest BCUT2D eigenvalue weighted by Crippen LogP contribution is -2.43. The van der Waals surface area contributed by atoms with Gasteiger partial charge in [0.2, 0.25) is 9.84 Å². The van der Waals surface area contributed by atoms with E-state index in [2.05, 4.69) is 36.8 Å². The summed E-state index contributed by atoms with van der Waals surface area (Å²) in [4.78, 5) is 12.4. The van der Waals surface area contributed by atoms with Gasteiger partial charge in [0.1, 0.15) is 5.75 Å². The second-order valence-corrected chi connectivity index (χ2v) is 9.86. The van der Waals surface area contributed by atoms with Gasteiger partial charge in [0.15, 0.2) is 5.11 Å². The van der Waals surface area contributed by atoms with Gasteiger partial charge in [-0.3, -0.25) is 15.6 Å². The van der Waals surface area contributed by atoms with E-state index in [9.17, 15) is 26.4 Å². The van der Waals surface area contributed by atoms with E-state index >= 15 is 0 Å². The van der Waals surface area contributed by atoms with Crippen LogP contribution in [0.5, 0.6) is 5.75 Å². The summed E-state index contributed by atoms with van der Waals surface area (Å²) in [6.45, 7) is 0. The van der Waals surface area contributed by atoms with Crippen LogP contribution in [0.25, 0.3) is 0 Å². The molecule has 0 radical (unpaired) electrons. The summed E-state index contributed by atoms with van der Waals surface area (Å²) >= 11 is 8.28. The number of thiocarbonyl (C=S) groups is 1. The number of ether oxygens (including phenoxy) is 1. The summed E-state index contributed by atoms with van der Waals surface area (Å²) in [6, 6.07) is 16.3. The van der Waals surface area contributed by atoms with Crippen molar-refractivity contribution in [3.63, 3.8) is 0 Å². The average molecular weight is 574 g/mol. The number of amides is 1. The zero-order valence-electron chi connectivity index (χ0n) is 16.9. The topological polar surface area (TPSA) is 96.5 Å². The van der Waals surface area contributed by atoms with Crippen molar-refractivity contribution in [2.24, 2.45) is 0 Å². The average Bonchev–Trinajstić information content (AvgIpc) is 2.78. The maximum absolute atomic E-state index is 12.7. The molecule has 0 aromatic heterocycles. The van der Waals surface area contributed by atoms with Gasteiger partial charge in [-0.2, -0.15) is 0 Å². The minimum absolute atomic E-state index is 0.0227. The highest BCUT2D eigenvalue weighted by Gasteiger charge is 2.31. The Morgan fingerprint density at radius 1 is 0.853 bits per heavy atom. The number of nitrogens with one attached hydrogen (secondary N) is 3. The van der Waals surface area contributed by atoms with E-state index in [0.717, 1.165) is 16.6 Å². The number of anilines is 1. The first-order valence-corrected chi connectivity index (χ1v) is 12.0. The zero-order valence-corrected chi connectivity index (χ0v) is 20.1. The van der Waals surface area contributed by atoms with Gasteiger partial charge in [-0.15, -0.1) is 13.2 Å². The molecule has 0 aliphatic rings. The third-order valence-electron chi connectivity index (χ3n) is 4.19. The van der Waals surface area contributed by atoms with Gasteiger partial charge in [0.05, 0.1) is 9.79 Å². The Labute approximate surface area is 206 Å². The summed E-state index contributed by atoms with van der Waals surface area (Å²) in [5, 5.41) is 2.64. The summed E-state index contributed by atoms with van der Waals surface area (Å²) < 4.78 is 66.5. The molecular weight excluding hydrogens is 559 g/mol. The Morgan fingerprint density at radius 3 is 1.91 bits per heavy atom. The lowest BCUT2D eigenvalue weighted by molar-refractivity contribution is -0.274. The fourth-order valence-corrected chi connectivity index (χ4v) is 4.32. The molecular formula is C21H15BrF3N3O4S2. The van der Waals surface area contributed by atoms with Crippen molar-refractivity contribution in [2.45, 2.75) is 16.2 Å². The van der Waals surface area contributed by atoms with E-state index in [-0.39, 0.29) is 20.5 Å². The third-order valence-corrected chi connectivity index (χ3v) is 6.70. The van der Waals surface area contributed by atoms with Crippen LogP contribution in [0.2, 0.25) is 0 Å². The van der Waals surface area contributed by atoms with Crippen LogP contribution >= 0.6 is 28.1 Å². The summed E-state index contributed by atoms with van der Waals surface area (Å²) in [5.41, 5.74) is 5.30. The number of alkyl halides is 3. The van der Waals surface area contributed by atoms with Gasteiger partial charge >= 0.3 is 6.36 Å². The van der Waals surface area contributed by atoms with E-state index in [4.69, 9.17) is 12.2 Å². The first-order valence-electron chi connectivity index (χ1n) is 9.28. The first-order chi connectivity index (χ1) is 15.9. The second kappa shape index (κ2) is 10.4. The standard InChI is InChI=1S/C21H15BrF3N3O4S2/c22-14-3-11-18(12-4-14)34(30,31)17-9-1-13(2-10-17)19(29)27-28-20(33)26-15-5-7-16(8-6-15)32-21(23,24)25/h1-12H,(H,27,29)(H2,26,28,33). The van der Waals surface area contributed by atoms with Crippen LogP contribution in [0.4, 0.5) is 18.9 Å². The largest absolute Gasteiger partial charge is 0.573 e. The molecule has 13 heteroatoms. The van der Waals surface area contributed by atoms with E-state index < -0.39 is 27.9 Å². The van der Waals surface area contributed by atoms with Crippen molar-refractivity contribution in [1.82, 2.24) is 10.9 Å². The van der Waals surface area contributed by atoms with Crippen molar-refractivity contribution >= 4 is 54.7 Å². The lowest BCUT2D eigenvalue weighted by atomic mass is 10.2. The van der Waals surface area contributed by atoms with Crippen LogP contribution in [0.15, 0.2) is 87.1 Å². The van der Waals surface area contributed by atoms with E-state index in [0.29, 0.717) is 5.69 Å². The van der Waals surface area contributed by atoms with Gasteiger partial charge in [-0.05, 0) is 85.0 Å². The summed E-state index contributed by atoms with van der Waals surface area (Å²) in [5.74, 6) is -0.985. The van der Waals surface area contributed by atoms with Crippen LogP contribution in [0, 0.1) is 0 Å². The Balaban J connectivity index is 1.55. The van der Waals surface area contributed by atoms with Crippen LogP contribution in [-0.4, -0.2) is 25.8 Å². The lowest BCUT2D eigenvalue weighted by Gasteiger charge is -2.13. The predicted octanol–water partition coefficient (Wildman–Crippen LogP) is 4.81. The Morgan fingerprint density at radius 2 is 1.38 bits per heavy atom. The number of hydrogen-bond acceptors (Lipinski definition) is 5. The molecule has 0 heterocycles. The highest BCUT2D eigenvalue weighted by atomic mass is 79.9. The molecule has 178 valence electrons. The van der Waals surface area contributed by atoms with Crippen molar-refractivity contribution in [3.8, 4) is 5.75 Å². The number of hydrazine groups is 1. The second-order valence-electron chi connectivity index (χ2n) is 6.59. The van der Waals surface area contributed by atoms with Gasteiger partial charge in [0, 0.05) is 15.7 Å². The van der Waals surface area contributed by atoms with Gasteiger partial charge in [-0.1, -0.05) is 15.9 Å². The number of carbonyl (C=O) groups is 1. The normalized spacial score (nSPS) is 11.4. The molecule has 3 aromatic rings. The van der Waals surface area contributed by atoms with Crippen LogP contribution in [0.1, 0.15) is 10.4 Å². The van der Waals surface area contributed by atoms with Crippen molar-refractivity contribution in [2.75, 3.05) is 5.32 Å². The van der Waals surface area contributed by atoms with Crippen LogP contribution in [-0.2, 0) is 9.84 Å². The summed E-state index contributed by atoms with van der Waals surface area (Å²) in [6.07, 6.45) is -4.79. The molecule has 0 saturated heterocycles. The SMILES string of the molecule is O=C(NNC(=S)Nc1ccc(OC(F)(F)F)cc1)c1ccc(S(=O)(=O)c2ccc(Br)cc2)cc1. The van der Waals surface area contributed by atoms with Gasteiger partial charge < -0.3 is 10.1 Å². The Hall–Kier alpha value is -3.16. The molecule has 3 rings (SSSR count). The van der Waals surface area contributed by atoms with Gasteiger partial charge in [-0.25, -0.2) is 8.42 Å². The molecule has 0 unspecified atom stereocenters. The molecule has 34 heavy (non-hydrogen) atoms. The first kappa shape index (κ1) is 25.5. The van der Waals surface area contributed by atoms with Crippen molar-refractivity contribution in [1.29, 1.82) is 0 Å². The molecule has 0 saturated carbocycles. The number of sulfone groups is 1. The number of benzene rings is 3. The van der Waals surface area contributed by atoms with Crippen molar-refractivity contribution in [3.05, 3.63) is 82.8 Å². The number of halogens is 4. The predicted molar refractivity (Wildman–Crippen MR) is 126 cm³/mol. The fraction of sp³-hybridized carbons (Fsp3) is 0.0476. The molecule has 0 atom stereocenters. The van der Waals surface area contributed by atoms with E-state index in [1.54, 1.807) is 12.1 Å². The molecule has 7 nitrogen and oxygen atoms in total. The number of carbonyl (C=O) groups excluding carboxylic acids is 1. The highest BCUT2D eigenvalue weighted by Crippen LogP contribution is 2.24. The minimum Gasteiger partial charge on any atom is -0.406 e. The van der Waals surface area contributed by atoms with Crippen molar-refractivity contribution < 1.29 is 31.1 Å². The molecule has 0 aliphatic heterocycles. The molecule has 0 spiro atoms. The number of hydrogen-bond donors (Lipinski definition) is 3. The van der Waals surface area contributed by atoms with E-state index in [1.165, 1.54) is 48.5 Å². The van der Waals surface area contributed by atoms with Crippen LogP contribution < -0.4 is 20.9 Å². The van der Waals surface area contributed by atoms with Crippen LogP contribution in [0.3, 0.4) is 0 Å². The maximum atomic E-state index is 12.7. The Bertz CT molecular complexity index is 1280. The number of rotatable bonds is 5. The quantitative estimate of drug-likeness (QED) is 0.297. The maximum Gasteiger partial charge on any atom is 0.573 e. The smallest absolute Gasteiger partial charge is 0.406 e. The molecule has 0 fully saturated rings. The molecule has 3 aromatic carbocycles.